The Morgan fingerprint density at radius 1 is 1.10 bits per heavy atom. The van der Waals surface area contributed by atoms with Crippen LogP contribution in [0.1, 0.15) is 48.3 Å². The van der Waals surface area contributed by atoms with E-state index in [9.17, 15) is 14.4 Å². The summed E-state index contributed by atoms with van der Waals surface area (Å²) in [5, 5.41) is 0. The molecule has 0 fully saturated rings. The molecule has 0 aliphatic heterocycles. The molecule has 6 heteroatoms. The third kappa shape index (κ3) is 5.41. The normalized spacial score (nSPS) is 10.2. The van der Waals surface area contributed by atoms with Gasteiger partial charge in [-0.2, -0.15) is 0 Å². The molecule has 1 rings (SSSR count). The molecular weight excluding hydrogens is 274 g/mol. The lowest BCUT2D eigenvalue weighted by molar-refractivity contribution is -0.144. The summed E-state index contributed by atoms with van der Waals surface area (Å²) in [7, 11) is 0. The van der Waals surface area contributed by atoms with Crippen molar-refractivity contribution in [2.45, 2.75) is 39.5 Å². The molecule has 21 heavy (non-hydrogen) atoms. The van der Waals surface area contributed by atoms with Crippen LogP contribution in [0.25, 0.3) is 0 Å². The van der Waals surface area contributed by atoms with E-state index >= 15 is 0 Å². The summed E-state index contributed by atoms with van der Waals surface area (Å²) in [4.78, 5) is 36.7. The van der Waals surface area contributed by atoms with E-state index in [0.717, 1.165) is 11.1 Å². The molecule has 6 nitrogen and oxygen atoms in total. The van der Waals surface area contributed by atoms with Crippen molar-refractivity contribution in [3.63, 3.8) is 0 Å². The fourth-order valence-corrected chi connectivity index (χ4v) is 2.07. The second-order valence-corrected chi connectivity index (χ2v) is 4.43. The van der Waals surface area contributed by atoms with Gasteiger partial charge in [-0.1, -0.05) is 0 Å². The Labute approximate surface area is 123 Å². The Bertz CT molecular complexity index is 492. The van der Waals surface area contributed by atoms with Gasteiger partial charge in [0, 0.05) is 19.0 Å². The second kappa shape index (κ2) is 8.94. The van der Waals surface area contributed by atoms with Gasteiger partial charge in [-0.3, -0.25) is 14.4 Å². The number of carbonyl (C=O) groups is 3. The molecule has 1 aromatic rings. The molecule has 0 unspecified atom stereocenters. The maximum Gasteiger partial charge on any atom is 0.306 e. The fraction of sp³-hybridized carbons (Fsp3) is 0.533. The third-order valence-corrected chi connectivity index (χ3v) is 3.02. The molecule has 0 aromatic carbocycles. The summed E-state index contributed by atoms with van der Waals surface area (Å²) in [6.45, 7) is 4.18. The highest BCUT2D eigenvalue weighted by Crippen LogP contribution is 2.17. The zero-order chi connectivity index (χ0) is 15.7. The van der Waals surface area contributed by atoms with Gasteiger partial charge in [0.1, 0.15) is 0 Å². The number of rotatable bonds is 9. The molecule has 0 aliphatic rings. The lowest BCUT2D eigenvalue weighted by Crippen LogP contribution is -2.08. The minimum absolute atomic E-state index is 0.207. The van der Waals surface area contributed by atoms with Gasteiger partial charge in [0.15, 0.2) is 6.29 Å². The van der Waals surface area contributed by atoms with E-state index in [1.165, 1.54) is 0 Å². The molecule has 0 radical (unpaired) electrons. The molecular formula is C15H21NO5. The van der Waals surface area contributed by atoms with Crippen LogP contribution < -0.4 is 0 Å². The van der Waals surface area contributed by atoms with E-state index in [-0.39, 0.29) is 24.8 Å². The van der Waals surface area contributed by atoms with Crippen molar-refractivity contribution in [3.8, 4) is 0 Å². The van der Waals surface area contributed by atoms with Gasteiger partial charge in [-0.25, -0.2) is 0 Å². The maximum atomic E-state index is 11.4. The highest BCUT2D eigenvalue weighted by Gasteiger charge is 2.14. The van der Waals surface area contributed by atoms with Crippen LogP contribution in [0.2, 0.25) is 0 Å². The lowest BCUT2D eigenvalue weighted by atomic mass is 10.0. The minimum atomic E-state index is -0.299. The highest BCUT2D eigenvalue weighted by atomic mass is 16.5. The summed E-state index contributed by atoms with van der Waals surface area (Å²) < 4.78 is 9.75. The van der Waals surface area contributed by atoms with Crippen LogP contribution in [0.4, 0.5) is 0 Å². The van der Waals surface area contributed by atoms with E-state index in [4.69, 9.17) is 9.47 Å². The first-order valence-electron chi connectivity index (χ1n) is 7.07. The van der Waals surface area contributed by atoms with Gasteiger partial charge in [0.25, 0.3) is 0 Å². The Balaban J connectivity index is 2.67. The summed E-state index contributed by atoms with van der Waals surface area (Å²) >= 11 is 0. The molecule has 0 atom stereocenters. The number of aromatic nitrogens is 1. The van der Waals surface area contributed by atoms with Gasteiger partial charge in [-0.15, -0.1) is 0 Å². The predicted octanol–water partition coefficient (Wildman–Crippen LogP) is 1.82. The molecule has 1 aromatic heterocycles. The molecule has 0 saturated carbocycles. The van der Waals surface area contributed by atoms with E-state index in [1.54, 1.807) is 20.0 Å². The molecule has 1 N–H and O–H groups in total. The summed E-state index contributed by atoms with van der Waals surface area (Å²) in [6, 6.07) is 0. The SMILES string of the molecule is CCOC(=O)CCc1c[nH]c(C=O)c1CCC(=O)OCC. The van der Waals surface area contributed by atoms with Crippen molar-refractivity contribution in [1.29, 1.82) is 0 Å². The fourth-order valence-electron chi connectivity index (χ4n) is 2.07. The van der Waals surface area contributed by atoms with Crippen LogP contribution in [-0.2, 0) is 31.9 Å². The zero-order valence-electron chi connectivity index (χ0n) is 12.4. The van der Waals surface area contributed by atoms with Crippen LogP contribution in [0, 0.1) is 0 Å². The molecule has 0 bridgehead atoms. The Morgan fingerprint density at radius 2 is 1.67 bits per heavy atom. The molecule has 116 valence electrons. The van der Waals surface area contributed by atoms with Gasteiger partial charge >= 0.3 is 11.9 Å². The molecule has 0 aliphatic carbocycles. The number of carbonyl (C=O) groups excluding carboxylic acids is 3. The highest BCUT2D eigenvalue weighted by molar-refractivity contribution is 5.77. The Kier molecular flexibility index (Phi) is 7.21. The molecule has 1 heterocycles. The topological polar surface area (TPSA) is 85.5 Å². The van der Waals surface area contributed by atoms with Crippen molar-refractivity contribution in [2.75, 3.05) is 13.2 Å². The van der Waals surface area contributed by atoms with Crippen molar-refractivity contribution in [2.24, 2.45) is 0 Å². The lowest BCUT2D eigenvalue weighted by Gasteiger charge is -2.05. The molecule has 0 amide bonds. The van der Waals surface area contributed by atoms with Crippen molar-refractivity contribution in [3.05, 3.63) is 23.0 Å². The Hall–Kier alpha value is -2.11. The number of hydrogen-bond donors (Lipinski definition) is 1. The number of H-pyrrole nitrogens is 1. The quantitative estimate of drug-likeness (QED) is 0.555. The first-order chi connectivity index (χ1) is 10.1. The average Bonchev–Trinajstić information content (AvgIpc) is 2.85. The van der Waals surface area contributed by atoms with Crippen LogP contribution in [-0.4, -0.2) is 36.4 Å². The van der Waals surface area contributed by atoms with E-state index in [1.807, 2.05) is 0 Å². The van der Waals surface area contributed by atoms with Crippen LogP contribution >= 0.6 is 0 Å². The van der Waals surface area contributed by atoms with Gasteiger partial charge in [0.05, 0.1) is 18.9 Å². The van der Waals surface area contributed by atoms with Crippen molar-refractivity contribution in [1.82, 2.24) is 4.98 Å². The maximum absolute atomic E-state index is 11.4. The third-order valence-electron chi connectivity index (χ3n) is 3.02. The van der Waals surface area contributed by atoms with E-state index in [2.05, 4.69) is 4.98 Å². The predicted molar refractivity (Wildman–Crippen MR) is 76.1 cm³/mol. The van der Waals surface area contributed by atoms with Crippen LogP contribution in [0.5, 0.6) is 0 Å². The number of aldehydes is 1. The molecule has 0 spiro atoms. The zero-order valence-corrected chi connectivity index (χ0v) is 12.4. The number of aryl methyl sites for hydroxylation is 1. The van der Waals surface area contributed by atoms with Gasteiger partial charge in [-0.05, 0) is 37.8 Å². The van der Waals surface area contributed by atoms with Crippen molar-refractivity contribution >= 4 is 18.2 Å². The molecule has 0 saturated heterocycles. The first-order valence-corrected chi connectivity index (χ1v) is 7.07. The average molecular weight is 295 g/mol. The largest absolute Gasteiger partial charge is 0.466 e. The van der Waals surface area contributed by atoms with E-state index in [0.29, 0.717) is 38.0 Å². The smallest absolute Gasteiger partial charge is 0.306 e. The summed E-state index contributed by atoms with van der Waals surface area (Å²) in [5.74, 6) is -0.574. The second-order valence-electron chi connectivity index (χ2n) is 4.43. The minimum Gasteiger partial charge on any atom is -0.466 e. The first kappa shape index (κ1) is 16.9. The number of ether oxygens (including phenoxy) is 2. The number of nitrogens with one attached hydrogen (secondary N) is 1. The van der Waals surface area contributed by atoms with E-state index < -0.39 is 0 Å². The monoisotopic (exact) mass is 295 g/mol. The number of esters is 2. The van der Waals surface area contributed by atoms with Crippen molar-refractivity contribution < 1.29 is 23.9 Å². The van der Waals surface area contributed by atoms with Crippen LogP contribution in [0.15, 0.2) is 6.20 Å². The van der Waals surface area contributed by atoms with Gasteiger partial charge in [0.2, 0.25) is 0 Å². The van der Waals surface area contributed by atoms with Gasteiger partial charge < -0.3 is 14.5 Å². The van der Waals surface area contributed by atoms with Crippen LogP contribution in [0.3, 0.4) is 0 Å². The number of aromatic amines is 1. The standard InChI is InChI=1S/C15H21NO5/c1-3-20-14(18)7-5-11-9-16-13(10-17)12(11)6-8-15(19)21-4-2/h9-10,16H,3-8H2,1-2H3. The number of hydrogen-bond acceptors (Lipinski definition) is 5. The Morgan fingerprint density at radius 3 is 2.19 bits per heavy atom. The summed E-state index contributed by atoms with van der Waals surface area (Å²) in [6.07, 6.45) is 3.75. The summed E-state index contributed by atoms with van der Waals surface area (Å²) in [5.41, 5.74) is 2.06.